The topological polar surface area (TPSA) is 96.1 Å². The van der Waals surface area contributed by atoms with Crippen molar-refractivity contribution < 1.29 is 22.0 Å². The standard InChI is InChI=1S/C25H23FN4O4S2/c26-19-9-12-22-23(16-19)35-25(28-22)30(27-17-20-6-5-15-34-20)24(31)18-7-10-21(11-8-18)36(32,33)29-13-3-1-2-4-14-29/h5-12,15-17H,1-4,13-14H2/b27-17+. The molecule has 2 aromatic carbocycles. The van der Waals surface area contributed by atoms with Crippen molar-refractivity contribution in [3.63, 3.8) is 0 Å². The number of hydrogen-bond acceptors (Lipinski definition) is 7. The quantitative estimate of drug-likeness (QED) is 0.252. The third-order valence-corrected chi connectivity index (χ3v) is 8.77. The van der Waals surface area contributed by atoms with Gasteiger partial charge in [-0.15, -0.1) is 0 Å². The Bertz CT molecular complexity index is 1490. The van der Waals surface area contributed by atoms with Crippen molar-refractivity contribution in [1.29, 1.82) is 0 Å². The minimum atomic E-state index is -3.64. The third kappa shape index (κ3) is 5.08. The van der Waals surface area contributed by atoms with Crippen molar-refractivity contribution in [3.8, 4) is 0 Å². The molecule has 0 atom stereocenters. The van der Waals surface area contributed by atoms with Crippen molar-refractivity contribution in [2.75, 3.05) is 18.1 Å². The van der Waals surface area contributed by atoms with Gasteiger partial charge in [0.05, 0.1) is 27.6 Å². The van der Waals surface area contributed by atoms with Crippen molar-refractivity contribution >= 4 is 48.8 Å². The molecule has 0 radical (unpaired) electrons. The third-order valence-electron chi connectivity index (χ3n) is 5.86. The maximum atomic E-state index is 13.7. The van der Waals surface area contributed by atoms with Crippen molar-refractivity contribution in [3.05, 3.63) is 78.0 Å². The van der Waals surface area contributed by atoms with Crippen LogP contribution in [0.15, 0.2) is 75.3 Å². The summed E-state index contributed by atoms with van der Waals surface area (Å²) in [6, 6.07) is 13.4. The van der Waals surface area contributed by atoms with Crippen molar-refractivity contribution in [2.45, 2.75) is 30.6 Å². The van der Waals surface area contributed by atoms with E-state index in [1.165, 1.54) is 59.2 Å². The molecule has 2 aromatic heterocycles. The smallest absolute Gasteiger partial charge is 0.280 e. The molecule has 4 aromatic rings. The predicted molar refractivity (Wildman–Crippen MR) is 136 cm³/mol. The fourth-order valence-corrected chi connectivity index (χ4v) is 6.43. The summed E-state index contributed by atoms with van der Waals surface area (Å²) in [4.78, 5) is 18.0. The summed E-state index contributed by atoms with van der Waals surface area (Å²) < 4.78 is 47.2. The number of fused-ring (bicyclic) bond motifs is 1. The summed E-state index contributed by atoms with van der Waals surface area (Å²) in [5.74, 6) is -0.495. The molecule has 186 valence electrons. The first kappa shape index (κ1) is 24.3. The fourth-order valence-electron chi connectivity index (χ4n) is 3.97. The Balaban J connectivity index is 1.45. The molecule has 3 heterocycles. The van der Waals surface area contributed by atoms with Gasteiger partial charge in [-0.1, -0.05) is 24.2 Å². The van der Waals surface area contributed by atoms with Crippen LogP contribution >= 0.6 is 11.3 Å². The number of halogens is 1. The monoisotopic (exact) mass is 526 g/mol. The molecule has 0 spiro atoms. The van der Waals surface area contributed by atoms with Crippen LogP contribution in [0.3, 0.4) is 0 Å². The van der Waals surface area contributed by atoms with E-state index in [4.69, 9.17) is 4.42 Å². The van der Waals surface area contributed by atoms with Crippen LogP contribution in [0, 0.1) is 5.82 Å². The second-order valence-corrected chi connectivity index (χ2v) is 11.3. The number of aromatic nitrogens is 1. The highest BCUT2D eigenvalue weighted by atomic mass is 32.2. The van der Waals surface area contributed by atoms with Crippen LogP contribution in [0.5, 0.6) is 0 Å². The lowest BCUT2D eigenvalue weighted by molar-refractivity contribution is 0.0987. The number of hydrogen-bond donors (Lipinski definition) is 0. The Labute approximate surface area is 211 Å². The molecule has 1 amide bonds. The van der Waals surface area contributed by atoms with Crippen molar-refractivity contribution in [2.24, 2.45) is 5.10 Å². The van der Waals surface area contributed by atoms with Gasteiger partial charge in [0.1, 0.15) is 11.6 Å². The second-order valence-electron chi connectivity index (χ2n) is 8.33. The van der Waals surface area contributed by atoms with Crippen LogP contribution < -0.4 is 5.01 Å². The molecule has 1 aliphatic rings. The minimum absolute atomic E-state index is 0.141. The SMILES string of the molecule is O=C(c1ccc(S(=O)(=O)N2CCCCCC2)cc1)N(/N=C/c1ccco1)c1nc2ccc(F)cc2s1. The van der Waals surface area contributed by atoms with Gasteiger partial charge in [-0.3, -0.25) is 4.79 Å². The van der Waals surface area contributed by atoms with E-state index >= 15 is 0 Å². The fraction of sp³-hybridized carbons (Fsp3) is 0.240. The highest BCUT2D eigenvalue weighted by molar-refractivity contribution is 7.89. The number of nitrogens with zero attached hydrogens (tertiary/aromatic N) is 4. The number of sulfonamides is 1. The first-order valence-electron chi connectivity index (χ1n) is 11.5. The van der Waals surface area contributed by atoms with Gasteiger partial charge < -0.3 is 4.42 Å². The summed E-state index contributed by atoms with van der Waals surface area (Å²) in [7, 11) is -3.64. The van der Waals surface area contributed by atoms with E-state index in [1.54, 1.807) is 12.1 Å². The van der Waals surface area contributed by atoms with Crippen LogP contribution in [0.4, 0.5) is 9.52 Å². The van der Waals surface area contributed by atoms with Gasteiger partial charge in [0.25, 0.3) is 5.91 Å². The number of benzene rings is 2. The number of thiazole rings is 1. The van der Waals surface area contributed by atoms with Gasteiger partial charge in [-0.25, -0.2) is 17.8 Å². The Morgan fingerprint density at radius 1 is 1.08 bits per heavy atom. The van der Waals surface area contributed by atoms with Crippen LogP contribution in [0.1, 0.15) is 41.8 Å². The van der Waals surface area contributed by atoms with Crippen LogP contribution in [-0.2, 0) is 10.0 Å². The number of furan rings is 1. The van der Waals surface area contributed by atoms with E-state index in [9.17, 15) is 17.6 Å². The zero-order valence-corrected chi connectivity index (χ0v) is 20.8. The average molecular weight is 527 g/mol. The number of amides is 1. The van der Waals surface area contributed by atoms with Crippen LogP contribution in [0.25, 0.3) is 10.2 Å². The van der Waals surface area contributed by atoms with E-state index < -0.39 is 21.7 Å². The maximum Gasteiger partial charge on any atom is 0.280 e. The van der Waals surface area contributed by atoms with Gasteiger partial charge in [0, 0.05) is 18.7 Å². The number of anilines is 1. The van der Waals surface area contributed by atoms with Gasteiger partial charge >= 0.3 is 0 Å². The van der Waals surface area contributed by atoms with E-state index in [2.05, 4.69) is 10.1 Å². The Morgan fingerprint density at radius 3 is 2.53 bits per heavy atom. The first-order chi connectivity index (χ1) is 17.4. The zero-order chi connectivity index (χ0) is 25.1. The summed E-state index contributed by atoms with van der Waals surface area (Å²) >= 11 is 1.11. The molecule has 0 N–H and O–H groups in total. The maximum absolute atomic E-state index is 13.7. The molecular formula is C25H23FN4O4S2. The lowest BCUT2D eigenvalue weighted by Gasteiger charge is -2.20. The number of rotatable bonds is 6. The first-order valence-corrected chi connectivity index (χ1v) is 13.8. The molecule has 0 bridgehead atoms. The van der Waals surface area contributed by atoms with E-state index in [1.807, 2.05) is 0 Å². The highest BCUT2D eigenvalue weighted by Gasteiger charge is 2.26. The lowest BCUT2D eigenvalue weighted by atomic mass is 10.2. The molecule has 8 nitrogen and oxygen atoms in total. The van der Waals surface area contributed by atoms with E-state index in [0.29, 0.717) is 29.1 Å². The highest BCUT2D eigenvalue weighted by Crippen LogP contribution is 2.31. The predicted octanol–water partition coefficient (Wildman–Crippen LogP) is 5.27. The van der Waals surface area contributed by atoms with Gasteiger partial charge in [0.2, 0.25) is 15.2 Å². The Hall–Kier alpha value is -3.41. The summed E-state index contributed by atoms with van der Waals surface area (Å²) in [6.45, 7) is 0.993. The number of carbonyl (C=O) groups is 1. The zero-order valence-electron chi connectivity index (χ0n) is 19.2. The molecule has 11 heteroatoms. The van der Waals surface area contributed by atoms with Crippen molar-refractivity contribution in [1.82, 2.24) is 9.29 Å². The Morgan fingerprint density at radius 2 is 1.83 bits per heavy atom. The minimum Gasteiger partial charge on any atom is -0.463 e. The van der Waals surface area contributed by atoms with Crippen LogP contribution in [0.2, 0.25) is 0 Å². The molecule has 5 rings (SSSR count). The summed E-state index contributed by atoms with van der Waals surface area (Å²) in [5.41, 5.74) is 0.758. The molecule has 1 saturated heterocycles. The summed E-state index contributed by atoms with van der Waals surface area (Å²) in [5, 5.41) is 5.62. The normalized spacial score (nSPS) is 15.4. The molecule has 0 saturated carbocycles. The molecule has 0 aliphatic carbocycles. The molecule has 1 fully saturated rings. The van der Waals surface area contributed by atoms with E-state index in [0.717, 1.165) is 42.0 Å². The summed E-state index contributed by atoms with van der Waals surface area (Å²) in [6.07, 6.45) is 6.58. The number of hydrazone groups is 1. The Kier molecular flexibility index (Phi) is 6.95. The average Bonchev–Trinajstić information content (AvgIpc) is 3.46. The molecular weight excluding hydrogens is 503 g/mol. The molecule has 0 unspecified atom stereocenters. The van der Waals surface area contributed by atoms with Crippen LogP contribution in [-0.4, -0.2) is 42.9 Å². The van der Waals surface area contributed by atoms with Gasteiger partial charge in [-0.05, 0) is 67.4 Å². The second kappa shape index (κ2) is 10.3. The largest absolute Gasteiger partial charge is 0.463 e. The van der Waals surface area contributed by atoms with Gasteiger partial charge in [-0.2, -0.15) is 14.4 Å². The lowest BCUT2D eigenvalue weighted by Crippen LogP contribution is -2.32. The molecule has 1 aliphatic heterocycles. The van der Waals surface area contributed by atoms with Gasteiger partial charge in [0.15, 0.2) is 0 Å². The van der Waals surface area contributed by atoms with E-state index in [-0.39, 0.29) is 15.6 Å². The number of carbonyl (C=O) groups excluding carboxylic acids is 1. The molecule has 36 heavy (non-hydrogen) atoms.